The second kappa shape index (κ2) is 18.3. The molecule has 11 aromatic carbocycles. The molecule has 0 aliphatic rings. The lowest BCUT2D eigenvalue weighted by Gasteiger charge is -2.13. The molecule has 0 amide bonds. The first-order valence-corrected chi connectivity index (χ1v) is 24.2. The van der Waals surface area contributed by atoms with Crippen molar-refractivity contribution >= 4 is 32.3 Å². The van der Waals surface area contributed by atoms with Crippen LogP contribution >= 0.6 is 0 Å². The summed E-state index contributed by atoms with van der Waals surface area (Å²) in [5.41, 5.74) is 14.7. The zero-order chi connectivity index (χ0) is 47.8. The lowest BCUT2D eigenvalue weighted by molar-refractivity contribution is 1.08. The van der Waals surface area contributed by atoms with E-state index in [4.69, 9.17) is 24.9 Å². The predicted molar refractivity (Wildman–Crippen MR) is 297 cm³/mol. The van der Waals surface area contributed by atoms with E-state index in [0.717, 1.165) is 77.8 Å². The van der Waals surface area contributed by atoms with Crippen molar-refractivity contribution in [2.45, 2.75) is 0 Å². The van der Waals surface area contributed by atoms with Crippen LogP contribution in [0, 0.1) is 0 Å². The highest BCUT2D eigenvalue weighted by molar-refractivity contribution is 6.07. The molecule has 0 bridgehead atoms. The lowest BCUT2D eigenvalue weighted by atomic mass is 9.91. The van der Waals surface area contributed by atoms with Crippen molar-refractivity contribution in [1.82, 2.24) is 24.9 Å². The first-order valence-electron chi connectivity index (χ1n) is 24.2. The summed E-state index contributed by atoms with van der Waals surface area (Å²) in [6.45, 7) is 0. The normalized spacial score (nSPS) is 11.3. The Bertz CT molecular complexity index is 4060. The molecule has 5 heteroatoms. The fourth-order valence-electron chi connectivity index (χ4n) is 9.87. The Morgan fingerprint density at radius 1 is 0.181 bits per heavy atom. The smallest absolute Gasteiger partial charge is 0.164 e. The molecule has 0 saturated carbocycles. The SMILES string of the molecule is c1ccc(-c2cc(-c3ccc(-c4ccc5c(-c6cccc7cc(-c8ccc(-c9nc(-c%10ccccc%10)nc(-c%10cccc%11ccccc%10%11)n9)cc8)ccc67)cccc5c4)cc3)nc(-c3ccccc3)n2)cc1. The van der Waals surface area contributed by atoms with Crippen molar-refractivity contribution in [2.75, 3.05) is 0 Å². The van der Waals surface area contributed by atoms with E-state index < -0.39 is 0 Å². The van der Waals surface area contributed by atoms with Gasteiger partial charge in [-0.15, -0.1) is 0 Å². The van der Waals surface area contributed by atoms with Gasteiger partial charge in [0.25, 0.3) is 0 Å². The molecule has 72 heavy (non-hydrogen) atoms. The number of rotatable bonds is 9. The molecule has 5 nitrogen and oxygen atoms in total. The Labute approximate surface area is 417 Å². The van der Waals surface area contributed by atoms with Gasteiger partial charge in [0, 0.05) is 33.4 Å². The Hall–Kier alpha value is -9.71. The molecule has 0 radical (unpaired) electrons. The zero-order valence-corrected chi connectivity index (χ0v) is 39.1. The number of nitrogens with zero attached hydrogens (tertiary/aromatic N) is 5. The minimum atomic E-state index is 0.635. The molecule has 336 valence electrons. The fourth-order valence-corrected chi connectivity index (χ4v) is 9.87. The maximum absolute atomic E-state index is 5.08. The van der Waals surface area contributed by atoms with Gasteiger partial charge < -0.3 is 0 Å². The minimum Gasteiger partial charge on any atom is -0.228 e. The second-order valence-electron chi connectivity index (χ2n) is 18.0. The van der Waals surface area contributed by atoms with E-state index >= 15 is 0 Å². The molecular formula is C67H43N5. The van der Waals surface area contributed by atoms with Crippen LogP contribution in [-0.4, -0.2) is 24.9 Å². The molecule has 0 spiro atoms. The highest BCUT2D eigenvalue weighted by atomic mass is 15.0. The fraction of sp³-hybridized carbons (Fsp3) is 0. The monoisotopic (exact) mass is 917 g/mol. The third-order valence-corrected chi connectivity index (χ3v) is 13.6. The van der Waals surface area contributed by atoms with Crippen LogP contribution in [0.5, 0.6) is 0 Å². The third-order valence-electron chi connectivity index (χ3n) is 13.6. The molecule has 0 aliphatic carbocycles. The van der Waals surface area contributed by atoms with E-state index in [9.17, 15) is 0 Å². The number of hydrogen-bond donors (Lipinski definition) is 0. The lowest BCUT2D eigenvalue weighted by Crippen LogP contribution is -2.00. The van der Waals surface area contributed by atoms with Crippen LogP contribution < -0.4 is 0 Å². The highest BCUT2D eigenvalue weighted by Gasteiger charge is 2.16. The van der Waals surface area contributed by atoms with Crippen molar-refractivity contribution < 1.29 is 0 Å². The van der Waals surface area contributed by atoms with Gasteiger partial charge in [-0.25, -0.2) is 24.9 Å². The standard InChI is InChI=1S/C67H43N5/c1-4-16-47(17-5-1)62-43-63(69-64(68-62)49-18-6-2-7-19-49)48-33-29-44(30-34-48)52-37-39-57-54(41-52)23-13-26-59(57)60-27-14-24-55-42-53(38-40-58(55)60)45-31-35-51(36-32-45)66-70-65(50-20-8-3-9-21-50)71-67(72-66)61-28-12-22-46-15-10-11-25-56(46)61/h1-43H. The van der Waals surface area contributed by atoms with Gasteiger partial charge in [0.15, 0.2) is 23.3 Å². The quantitative estimate of drug-likeness (QED) is 0.144. The Morgan fingerprint density at radius 3 is 1.07 bits per heavy atom. The number of fused-ring (bicyclic) bond motifs is 3. The largest absolute Gasteiger partial charge is 0.228 e. The van der Waals surface area contributed by atoms with Crippen molar-refractivity contribution in [2.24, 2.45) is 0 Å². The van der Waals surface area contributed by atoms with Gasteiger partial charge in [0.05, 0.1) is 11.4 Å². The van der Waals surface area contributed by atoms with Crippen molar-refractivity contribution in [3.63, 3.8) is 0 Å². The van der Waals surface area contributed by atoms with Crippen LogP contribution in [0.15, 0.2) is 261 Å². The van der Waals surface area contributed by atoms with Gasteiger partial charge in [0.1, 0.15) is 0 Å². The first kappa shape index (κ1) is 42.4. The van der Waals surface area contributed by atoms with Crippen LogP contribution in [0.1, 0.15) is 0 Å². The first-order chi connectivity index (χ1) is 35.6. The number of aromatic nitrogens is 5. The molecule has 2 aromatic heterocycles. The molecular weight excluding hydrogens is 875 g/mol. The summed E-state index contributed by atoms with van der Waals surface area (Å²) < 4.78 is 0. The molecule has 0 N–H and O–H groups in total. The Balaban J connectivity index is 0.790. The molecule has 13 aromatic rings. The van der Waals surface area contributed by atoms with Gasteiger partial charge >= 0.3 is 0 Å². The number of hydrogen-bond acceptors (Lipinski definition) is 5. The number of benzene rings is 11. The highest BCUT2D eigenvalue weighted by Crippen LogP contribution is 2.38. The van der Waals surface area contributed by atoms with E-state index in [1.807, 2.05) is 66.7 Å². The molecule has 13 rings (SSSR count). The Morgan fingerprint density at radius 2 is 0.528 bits per heavy atom. The van der Waals surface area contributed by atoms with Crippen molar-refractivity contribution in [3.05, 3.63) is 261 Å². The van der Waals surface area contributed by atoms with Crippen LogP contribution in [0.2, 0.25) is 0 Å². The summed E-state index contributed by atoms with van der Waals surface area (Å²) in [6.07, 6.45) is 0. The van der Waals surface area contributed by atoms with Gasteiger partial charge in [-0.2, -0.15) is 0 Å². The summed E-state index contributed by atoms with van der Waals surface area (Å²) in [5, 5.41) is 7.05. The molecule has 0 unspecified atom stereocenters. The molecule has 2 heterocycles. The van der Waals surface area contributed by atoms with Crippen molar-refractivity contribution in [3.8, 4) is 101 Å². The summed E-state index contributed by atoms with van der Waals surface area (Å²) >= 11 is 0. The topological polar surface area (TPSA) is 64.5 Å². The summed E-state index contributed by atoms with van der Waals surface area (Å²) in [6, 6.07) is 91.5. The maximum atomic E-state index is 5.08. The summed E-state index contributed by atoms with van der Waals surface area (Å²) in [5.74, 6) is 2.64. The Kier molecular flexibility index (Phi) is 10.8. The van der Waals surface area contributed by atoms with Crippen LogP contribution in [0.4, 0.5) is 0 Å². The molecule has 0 atom stereocenters. The van der Waals surface area contributed by atoms with E-state index in [1.165, 1.54) is 32.7 Å². The van der Waals surface area contributed by atoms with E-state index in [2.05, 4.69) is 194 Å². The second-order valence-corrected chi connectivity index (χ2v) is 18.0. The van der Waals surface area contributed by atoms with E-state index in [0.29, 0.717) is 23.3 Å². The van der Waals surface area contributed by atoms with Gasteiger partial charge in [-0.05, 0) is 83.9 Å². The van der Waals surface area contributed by atoms with Gasteiger partial charge in [-0.1, -0.05) is 243 Å². The van der Waals surface area contributed by atoms with Crippen LogP contribution in [-0.2, 0) is 0 Å². The summed E-state index contributed by atoms with van der Waals surface area (Å²) in [4.78, 5) is 25.1. The molecule has 0 aliphatic heterocycles. The minimum absolute atomic E-state index is 0.635. The van der Waals surface area contributed by atoms with Crippen LogP contribution in [0.3, 0.4) is 0 Å². The van der Waals surface area contributed by atoms with E-state index in [1.54, 1.807) is 0 Å². The maximum Gasteiger partial charge on any atom is 0.164 e. The average Bonchev–Trinajstić information content (AvgIpc) is 3.47. The van der Waals surface area contributed by atoms with E-state index in [-0.39, 0.29) is 0 Å². The van der Waals surface area contributed by atoms with Gasteiger partial charge in [-0.3, -0.25) is 0 Å². The molecule has 0 fully saturated rings. The zero-order valence-electron chi connectivity index (χ0n) is 39.1. The van der Waals surface area contributed by atoms with Crippen LogP contribution in [0.25, 0.3) is 134 Å². The predicted octanol–water partition coefficient (Wildman–Crippen LogP) is 17.1. The van der Waals surface area contributed by atoms with Gasteiger partial charge in [0.2, 0.25) is 0 Å². The summed E-state index contributed by atoms with van der Waals surface area (Å²) in [7, 11) is 0. The average molecular weight is 918 g/mol. The van der Waals surface area contributed by atoms with Crippen molar-refractivity contribution in [1.29, 1.82) is 0 Å². The third kappa shape index (κ3) is 8.15. The molecule has 0 saturated heterocycles.